The molecule has 0 radical (unpaired) electrons. The quantitative estimate of drug-likeness (QED) is 0.132. The number of rotatable bonds is 13. The van der Waals surface area contributed by atoms with Crippen LogP contribution in [0, 0.1) is 17.8 Å². The highest BCUT2D eigenvalue weighted by Gasteiger charge is 2.39. The predicted octanol–water partition coefficient (Wildman–Crippen LogP) is 5.43. The number of aliphatic hydroxyl groups excluding tert-OH is 1. The zero-order valence-corrected chi connectivity index (χ0v) is 31.7. The number of H-pyrrole nitrogens is 2. The van der Waals surface area contributed by atoms with E-state index in [-0.39, 0.29) is 48.1 Å². The maximum absolute atomic E-state index is 13.6. The number of aromatic nitrogens is 4. The van der Waals surface area contributed by atoms with Crippen LogP contribution in [0.15, 0.2) is 60.9 Å². The molecule has 2 aromatic heterocycles. The van der Waals surface area contributed by atoms with Crippen molar-refractivity contribution in [2.24, 2.45) is 17.8 Å². The molecular formula is C41H51N7O6. The van der Waals surface area contributed by atoms with Crippen LogP contribution in [0.1, 0.15) is 83.5 Å². The van der Waals surface area contributed by atoms with Crippen molar-refractivity contribution in [3.8, 4) is 33.6 Å². The fourth-order valence-corrected chi connectivity index (χ4v) is 7.61. The van der Waals surface area contributed by atoms with Crippen molar-refractivity contribution < 1.29 is 29.0 Å². The molecule has 0 bridgehead atoms. The number of hydrogen-bond acceptors (Lipinski definition) is 8. The SMILES string of the molecule is COC(=O)C[C@H](C(=O)N1CCC[C@H]1c1ncc(-c2ccc(-c3ccc(-c4cnc([C@@H]5CCCN5C(=O)[C@@H](NC(=O)CO)C(C)C)[nH]4)cc3)cc2)[nH]1)C(C)C. The molecule has 2 aromatic carbocycles. The number of imidazole rings is 2. The van der Waals surface area contributed by atoms with Gasteiger partial charge in [0, 0.05) is 13.1 Å². The first kappa shape index (κ1) is 38.4. The summed E-state index contributed by atoms with van der Waals surface area (Å²) >= 11 is 0. The van der Waals surface area contributed by atoms with E-state index in [1.165, 1.54) is 7.11 Å². The van der Waals surface area contributed by atoms with Gasteiger partial charge in [-0.05, 0) is 59.8 Å². The molecule has 2 fully saturated rings. The maximum Gasteiger partial charge on any atom is 0.306 e. The van der Waals surface area contributed by atoms with Gasteiger partial charge in [-0.2, -0.15) is 0 Å². The number of nitrogens with zero attached hydrogens (tertiary/aromatic N) is 4. The first-order valence-electron chi connectivity index (χ1n) is 18.9. The fourth-order valence-electron chi connectivity index (χ4n) is 7.61. The van der Waals surface area contributed by atoms with Crippen molar-refractivity contribution in [2.45, 2.75) is 77.9 Å². The Morgan fingerprint density at radius 1 is 0.759 bits per heavy atom. The van der Waals surface area contributed by atoms with Gasteiger partial charge in [0.25, 0.3) is 0 Å². The maximum atomic E-state index is 13.6. The van der Waals surface area contributed by atoms with Crippen LogP contribution >= 0.6 is 0 Å². The van der Waals surface area contributed by atoms with Crippen molar-refractivity contribution >= 4 is 23.7 Å². The molecule has 0 saturated carbocycles. The Labute approximate surface area is 315 Å². The summed E-state index contributed by atoms with van der Waals surface area (Å²) in [5.41, 5.74) is 5.78. The summed E-state index contributed by atoms with van der Waals surface area (Å²) in [6.07, 6.45) is 6.95. The van der Waals surface area contributed by atoms with Crippen molar-refractivity contribution in [2.75, 3.05) is 26.8 Å². The lowest BCUT2D eigenvalue weighted by Gasteiger charge is -2.30. The number of benzene rings is 2. The summed E-state index contributed by atoms with van der Waals surface area (Å²) in [5.74, 6) is -0.263. The van der Waals surface area contributed by atoms with Crippen LogP contribution in [0.5, 0.6) is 0 Å². The third-order valence-corrected chi connectivity index (χ3v) is 10.7. The second-order valence-electron chi connectivity index (χ2n) is 15.0. The van der Waals surface area contributed by atoms with E-state index in [2.05, 4.69) is 61.7 Å². The first-order valence-corrected chi connectivity index (χ1v) is 18.9. The van der Waals surface area contributed by atoms with Crippen LogP contribution < -0.4 is 5.32 Å². The van der Waals surface area contributed by atoms with E-state index in [9.17, 15) is 24.3 Å². The molecule has 4 atom stereocenters. The zero-order valence-electron chi connectivity index (χ0n) is 31.7. The second kappa shape index (κ2) is 16.8. The number of ether oxygens (including phenoxy) is 1. The number of aromatic amines is 2. The van der Waals surface area contributed by atoms with E-state index in [0.29, 0.717) is 18.9 Å². The van der Waals surface area contributed by atoms with Crippen molar-refractivity contribution in [3.05, 3.63) is 72.6 Å². The molecule has 4 aromatic rings. The molecule has 4 N–H and O–H groups in total. The van der Waals surface area contributed by atoms with Gasteiger partial charge >= 0.3 is 5.97 Å². The molecule has 2 aliphatic rings. The van der Waals surface area contributed by atoms with E-state index < -0.39 is 24.5 Å². The van der Waals surface area contributed by atoms with Gasteiger partial charge in [-0.15, -0.1) is 0 Å². The monoisotopic (exact) mass is 737 g/mol. The van der Waals surface area contributed by atoms with Crippen LogP contribution in [0.4, 0.5) is 0 Å². The summed E-state index contributed by atoms with van der Waals surface area (Å²) in [4.78, 5) is 70.9. The third-order valence-electron chi connectivity index (χ3n) is 10.7. The summed E-state index contributed by atoms with van der Waals surface area (Å²) in [6.45, 7) is 8.21. The lowest BCUT2D eigenvalue weighted by Crippen LogP contribution is -2.51. The standard InChI is InChI=1S/C41H51N7O6/c1-24(2)30(20-36(51)54-5)40(52)47-18-6-8-33(47)38-42-21-31(44-38)28-14-10-26(11-15-28)27-12-16-29(17-13-27)32-22-43-39(45-32)34-9-7-19-48(34)41(53)37(25(3)4)46-35(50)23-49/h10-17,21-22,24-25,30,33-34,37,49H,6-9,18-20,23H2,1-5H3,(H,42,44)(H,43,45)(H,46,50)/t30-,33-,34-,37-/m0/s1. The number of esters is 1. The van der Waals surface area contributed by atoms with Crippen LogP contribution in [0.2, 0.25) is 0 Å². The number of hydrogen-bond donors (Lipinski definition) is 4. The summed E-state index contributed by atoms with van der Waals surface area (Å²) in [6, 6.07) is 15.4. The summed E-state index contributed by atoms with van der Waals surface area (Å²) in [5, 5.41) is 11.9. The van der Waals surface area contributed by atoms with E-state index in [4.69, 9.17) is 4.74 Å². The number of amides is 3. The Bertz CT molecular complexity index is 1790. The van der Waals surface area contributed by atoms with Gasteiger partial charge in [0.1, 0.15) is 24.3 Å². The first-order chi connectivity index (χ1) is 26.0. The van der Waals surface area contributed by atoms with Crippen molar-refractivity contribution in [1.82, 2.24) is 35.1 Å². The minimum atomic E-state index is -0.720. The van der Waals surface area contributed by atoms with Gasteiger partial charge in [0.15, 0.2) is 0 Å². The molecule has 2 aliphatic heterocycles. The molecule has 13 nitrogen and oxygen atoms in total. The smallest absolute Gasteiger partial charge is 0.306 e. The number of likely N-dealkylation sites (tertiary alicyclic amines) is 2. The molecule has 0 spiro atoms. The highest BCUT2D eigenvalue weighted by Crippen LogP contribution is 2.36. The molecule has 13 heteroatoms. The Kier molecular flexibility index (Phi) is 12.0. The lowest BCUT2D eigenvalue weighted by molar-refractivity contribution is -0.148. The van der Waals surface area contributed by atoms with Crippen LogP contribution in [0.25, 0.3) is 33.6 Å². The molecule has 0 aliphatic carbocycles. The molecule has 0 unspecified atom stereocenters. The number of nitrogens with one attached hydrogen (secondary N) is 3. The Balaban J connectivity index is 1.11. The molecule has 54 heavy (non-hydrogen) atoms. The molecule has 4 heterocycles. The average Bonchev–Trinajstić information content (AvgIpc) is 4.02. The van der Waals surface area contributed by atoms with E-state index in [1.54, 1.807) is 11.1 Å². The largest absolute Gasteiger partial charge is 0.469 e. The van der Waals surface area contributed by atoms with Crippen LogP contribution in [-0.2, 0) is 23.9 Å². The van der Waals surface area contributed by atoms with E-state index in [1.807, 2.05) is 50.9 Å². The molecule has 2 saturated heterocycles. The topological polar surface area (TPSA) is 174 Å². The Morgan fingerprint density at radius 2 is 1.22 bits per heavy atom. The number of methoxy groups -OCH3 is 1. The van der Waals surface area contributed by atoms with Gasteiger partial charge in [-0.3, -0.25) is 19.2 Å². The molecule has 3 amide bonds. The van der Waals surface area contributed by atoms with Crippen LogP contribution in [-0.4, -0.2) is 91.4 Å². The number of carbonyl (C=O) groups excluding carboxylic acids is 4. The van der Waals surface area contributed by atoms with Crippen molar-refractivity contribution in [1.29, 1.82) is 0 Å². The van der Waals surface area contributed by atoms with Crippen molar-refractivity contribution in [3.63, 3.8) is 0 Å². The third kappa shape index (κ3) is 8.25. The van der Waals surface area contributed by atoms with E-state index >= 15 is 0 Å². The minimum absolute atomic E-state index is 0.00445. The van der Waals surface area contributed by atoms with Gasteiger partial charge < -0.3 is 34.9 Å². The normalized spacial score (nSPS) is 18.3. The summed E-state index contributed by atoms with van der Waals surface area (Å²) < 4.78 is 4.86. The lowest BCUT2D eigenvalue weighted by atomic mass is 9.91. The number of carbonyl (C=O) groups is 4. The average molecular weight is 738 g/mol. The Morgan fingerprint density at radius 3 is 1.65 bits per heavy atom. The predicted molar refractivity (Wildman–Crippen MR) is 203 cm³/mol. The molecule has 286 valence electrons. The van der Waals surface area contributed by atoms with Gasteiger partial charge in [-0.25, -0.2) is 9.97 Å². The fraction of sp³-hybridized carbons (Fsp3) is 0.463. The van der Waals surface area contributed by atoms with Gasteiger partial charge in [0.05, 0.1) is 55.3 Å². The minimum Gasteiger partial charge on any atom is -0.469 e. The zero-order chi connectivity index (χ0) is 38.5. The molecule has 6 rings (SSSR count). The second-order valence-corrected chi connectivity index (χ2v) is 15.0. The van der Waals surface area contributed by atoms with Gasteiger partial charge in [0.2, 0.25) is 17.7 Å². The highest BCUT2D eigenvalue weighted by molar-refractivity contribution is 5.88. The highest BCUT2D eigenvalue weighted by atomic mass is 16.5. The van der Waals surface area contributed by atoms with Gasteiger partial charge in [-0.1, -0.05) is 76.2 Å². The van der Waals surface area contributed by atoms with Crippen LogP contribution in [0.3, 0.4) is 0 Å². The number of aliphatic hydroxyl groups is 1. The molecular weight excluding hydrogens is 686 g/mol. The van der Waals surface area contributed by atoms with E-state index in [0.717, 1.165) is 65.1 Å². The Hall–Kier alpha value is -5.30. The summed E-state index contributed by atoms with van der Waals surface area (Å²) in [7, 11) is 1.35.